The minimum atomic E-state index is -0.225. The Morgan fingerprint density at radius 3 is 2.53 bits per heavy atom. The van der Waals surface area contributed by atoms with E-state index in [1.807, 2.05) is 12.1 Å². The molecule has 17 heavy (non-hydrogen) atoms. The number of nitrogens with one attached hydrogen (secondary N) is 1. The Morgan fingerprint density at radius 1 is 1.18 bits per heavy atom. The molecule has 1 aromatic carbocycles. The summed E-state index contributed by atoms with van der Waals surface area (Å²) in [5.74, 6) is 6.16. The Kier molecular flexibility index (Phi) is 3.90. The molecule has 1 heterocycles. The van der Waals surface area contributed by atoms with Gasteiger partial charge in [-0.2, -0.15) is 0 Å². The van der Waals surface area contributed by atoms with Gasteiger partial charge in [-0.15, -0.1) is 0 Å². The van der Waals surface area contributed by atoms with Crippen LogP contribution in [0.15, 0.2) is 47.1 Å². The molecule has 0 saturated carbocycles. The van der Waals surface area contributed by atoms with E-state index < -0.39 is 0 Å². The average molecular weight is 234 g/mol. The predicted molar refractivity (Wildman–Crippen MR) is 63.6 cm³/mol. The number of benzene rings is 1. The van der Waals surface area contributed by atoms with Crippen LogP contribution >= 0.6 is 0 Å². The number of rotatable bonds is 5. The van der Waals surface area contributed by atoms with Gasteiger partial charge in [-0.25, -0.2) is 4.39 Å². The van der Waals surface area contributed by atoms with Gasteiger partial charge in [-0.1, -0.05) is 12.1 Å². The summed E-state index contributed by atoms with van der Waals surface area (Å²) in [6.07, 6.45) is 3.08. The molecule has 0 aliphatic rings. The van der Waals surface area contributed by atoms with E-state index >= 15 is 0 Å². The number of halogens is 1. The van der Waals surface area contributed by atoms with Gasteiger partial charge in [0.05, 0.1) is 6.26 Å². The zero-order chi connectivity index (χ0) is 12.1. The highest BCUT2D eigenvalue weighted by Crippen LogP contribution is 2.10. The lowest BCUT2D eigenvalue weighted by molar-refractivity contribution is 0.444. The number of furan rings is 1. The van der Waals surface area contributed by atoms with Gasteiger partial charge in [0.2, 0.25) is 0 Å². The monoisotopic (exact) mass is 234 g/mol. The van der Waals surface area contributed by atoms with Crippen LogP contribution in [-0.2, 0) is 12.8 Å². The molecule has 0 bridgehead atoms. The van der Waals surface area contributed by atoms with Gasteiger partial charge in [0.25, 0.3) is 0 Å². The molecule has 3 N–H and O–H groups in total. The standard InChI is InChI=1S/C13H15FN2O/c14-11-5-3-10(4-6-11)8-12(16-15)9-13-2-1-7-17-13/h1-7,12,16H,8-9,15H2. The first-order chi connectivity index (χ1) is 8.28. The molecule has 0 aliphatic heterocycles. The van der Waals surface area contributed by atoms with Crippen LogP contribution in [0.5, 0.6) is 0 Å². The molecule has 4 heteroatoms. The third-order valence-corrected chi connectivity index (χ3v) is 2.66. The van der Waals surface area contributed by atoms with Crippen molar-refractivity contribution in [2.24, 2.45) is 5.84 Å². The Morgan fingerprint density at radius 2 is 1.94 bits per heavy atom. The van der Waals surface area contributed by atoms with Crippen molar-refractivity contribution in [3.63, 3.8) is 0 Å². The first kappa shape index (κ1) is 11.8. The minimum Gasteiger partial charge on any atom is -0.469 e. The fourth-order valence-electron chi connectivity index (χ4n) is 1.77. The Balaban J connectivity index is 1.97. The van der Waals surface area contributed by atoms with Crippen molar-refractivity contribution in [3.05, 3.63) is 59.8 Å². The molecule has 3 nitrogen and oxygen atoms in total. The van der Waals surface area contributed by atoms with E-state index in [4.69, 9.17) is 10.3 Å². The highest BCUT2D eigenvalue weighted by Gasteiger charge is 2.10. The molecule has 1 aromatic heterocycles. The van der Waals surface area contributed by atoms with Gasteiger partial charge >= 0.3 is 0 Å². The van der Waals surface area contributed by atoms with E-state index in [0.717, 1.165) is 17.7 Å². The Bertz CT molecular complexity index is 439. The van der Waals surface area contributed by atoms with Crippen molar-refractivity contribution in [3.8, 4) is 0 Å². The second kappa shape index (κ2) is 5.61. The normalized spacial score (nSPS) is 12.6. The molecule has 1 unspecified atom stereocenters. The van der Waals surface area contributed by atoms with E-state index in [0.29, 0.717) is 6.42 Å². The molecule has 0 aliphatic carbocycles. The molecule has 90 valence electrons. The molecule has 0 radical (unpaired) electrons. The number of hydrogen-bond donors (Lipinski definition) is 2. The van der Waals surface area contributed by atoms with Crippen LogP contribution in [0, 0.1) is 5.82 Å². The van der Waals surface area contributed by atoms with Crippen LogP contribution in [0.1, 0.15) is 11.3 Å². The molecule has 0 amide bonds. The second-order valence-electron chi connectivity index (χ2n) is 3.98. The van der Waals surface area contributed by atoms with Crippen molar-refractivity contribution in [2.45, 2.75) is 18.9 Å². The number of hydrazine groups is 1. The third kappa shape index (κ3) is 3.41. The minimum absolute atomic E-state index is 0.0756. The molecule has 0 saturated heterocycles. The van der Waals surface area contributed by atoms with E-state index in [2.05, 4.69) is 5.43 Å². The number of hydrogen-bond acceptors (Lipinski definition) is 3. The lowest BCUT2D eigenvalue weighted by atomic mass is 10.0. The van der Waals surface area contributed by atoms with Gasteiger partial charge < -0.3 is 4.42 Å². The molecular weight excluding hydrogens is 219 g/mol. The highest BCUT2D eigenvalue weighted by atomic mass is 19.1. The SMILES string of the molecule is NNC(Cc1ccc(F)cc1)Cc1ccco1. The molecule has 2 aromatic rings. The molecule has 0 fully saturated rings. The van der Waals surface area contributed by atoms with E-state index in [9.17, 15) is 4.39 Å². The van der Waals surface area contributed by atoms with Crippen molar-refractivity contribution in [2.75, 3.05) is 0 Å². The zero-order valence-corrected chi connectivity index (χ0v) is 9.40. The fourth-order valence-corrected chi connectivity index (χ4v) is 1.77. The van der Waals surface area contributed by atoms with Crippen LogP contribution < -0.4 is 11.3 Å². The molecular formula is C13H15FN2O. The second-order valence-corrected chi connectivity index (χ2v) is 3.98. The smallest absolute Gasteiger partial charge is 0.123 e. The summed E-state index contributed by atoms with van der Waals surface area (Å²) >= 11 is 0. The van der Waals surface area contributed by atoms with Crippen molar-refractivity contribution in [1.82, 2.24) is 5.43 Å². The van der Waals surface area contributed by atoms with E-state index in [1.54, 1.807) is 18.4 Å². The van der Waals surface area contributed by atoms with Crippen LogP contribution in [0.2, 0.25) is 0 Å². The van der Waals surface area contributed by atoms with E-state index in [-0.39, 0.29) is 11.9 Å². The first-order valence-electron chi connectivity index (χ1n) is 5.51. The Hall–Kier alpha value is -1.65. The van der Waals surface area contributed by atoms with Gasteiger partial charge in [0, 0.05) is 12.5 Å². The lowest BCUT2D eigenvalue weighted by Crippen LogP contribution is -2.38. The van der Waals surface area contributed by atoms with Crippen molar-refractivity contribution < 1.29 is 8.81 Å². The summed E-state index contributed by atoms with van der Waals surface area (Å²) in [6, 6.07) is 10.3. The van der Waals surface area contributed by atoms with E-state index in [1.165, 1.54) is 12.1 Å². The first-order valence-corrected chi connectivity index (χ1v) is 5.51. The summed E-state index contributed by atoms with van der Waals surface area (Å²) in [5, 5.41) is 0. The summed E-state index contributed by atoms with van der Waals surface area (Å²) < 4.78 is 18.0. The van der Waals surface area contributed by atoms with Crippen molar-refractivity contribution in [1.29, 1.82) is 0 Å². The van der Waals surface area contributed by atoms with Crippen LogP contribution in [0.4, 0.5) is 4.39 Å². The lowest BCUT2D eigenvalue weighted by Gasteiger charge is -2.14. The van der Waals surface area contributed by atoms with Gasteiger partial charge in [0.15, 0.2) is 0 Å². The maximum absolute atomic E-state index is 12.8. The molecule has 1 atom stereocenters. The van der Waals surface area contributed by atoms with Crippen LogP contribution in [0.3, 0.4) is 0 Å². The summed E-state index contributed by atoms with van der Waals surface area (Å²) in [5.41, 5.74) is 3.79. The summed E-state index contributed by atoms with van der Waals surface area (Å²) in [6.45, 7) is 0. The predicted octanol–water partition coefficient (Wildman–Crippen LogP) is 2.04. The molecule has 0 spiro atoms. The quantitative estimate of drug-likeness (QED) is 0.615. The third-order valence-electron chi connectivity index (χ3n) is 2.66. The summed E-state index contributed by atoms with van der Waals surface area (Å²) in [7, 11) is 0. The molecule has 2 rings (SSSR count). The van der Waals surface area contributed by atoms with Gasteiger partial charge in [-0.05, 0) is 36.2 Å². The topological polar surface area (TPSA) is 51.2 Å². The van der Waals surface area contributed by atoms with Crippen LogP contribution in [-0.4, -0.2) is 6.04 Å². The Labute approximate surface area is 99.4 Å². The van der Waals surface area contributed by atoms with Crippen molar-refractivity contribution >= 4 is 0 Å². The van der Waals surface area contributed by atoms with Crippen LogP contribution in [0.25, 0.3) is 0 Å². The summed E-state index contributed by atoms with van der Waals surface area (Å²) in [4.78, 5) is 0. The zero-order valence-electron chi connectivity index (χ0n) is 9.40. The number of nitrogens with two attached hydrogens (primary N) is 1. The average Bonchev–Trinajstić information content (AvgIpc) is 2.84. The fraction of sp³-hybridized carbons (Fsp3) is 0.231. The van der Waals surface area contributed by atoms with Gasteiger partial charge in [0.1, 0.15) is 11.6 Å². The maximum atomic E-state index is 12.8. The highest BCUT2D eigenvalue weighted by molar-refractivity contribution is 5.17. The maximum Gasteiger partial charge on any atom is 0.123 e. The van der Waals surface area contributed by atoms with Gasteiger partial charge in [-0.3, -0.25) is 11.3 Å². The largest absolute Gasteiger partial charge is 0.469 e.